The normalized spacial score (nSPS) is 11.8. The number of carbonyl (C=O) groups excluding carboxylic acids is 2. The van der Waals surface area contributed by atoms with Crippen LogP contribution in [0.2, 0.25) is 0 Å². The number of carbonyl (C=O) groups is 2. The predicted octanol–water partition coefficient (Wildman–Crippen LogP) is 4.35. The van der Waals surface area contributed by atoms with E-state index in [9.17, 15) is 18.4 Å². The summed E-state index contributed by atoms with van der Waals surface area (Å²) >= 11 is 0. The topological polar surface area (TPSA) is 73.9 Å². The minimum atomic E-state index is -1.19. The first-order valence-electron chi connectivity index (χ1n) is 9.38. The van der Waals surface area contributed by atoms with Gasteiger partial charge < -0.3 is 19.5 Å². The molecule has 0 heterocycles. The smallest absolute Gasteiger partial charge is 0.331 e. The number of rotatable bonds is 9. The zero-order valence-electron chi connectivity index (χ0n) is 16.9. The number of anilines is 1. The van der Waals surface area contributed by atoms with Crippen molar-refractivity contribution in [2.24, 2.45) is 0 Å². The quantitative estimate of drug-likeness (QED) is 0.483. The van der Waals surface area contributed by atoms with Crippen LogP contribution in [0.25, 0.3) is 6.08 Å². The van der Waals surface area contributed by atoms with Crippen LogP contribution in [-0.4, -0.2) is 31.2 Å². The number of halogens is 2. The lowest BCUT2D eigenvalue weighted by Gasteiger charge is -2.13. The minimum Gasteiger partial charge on any atom is -0.490 e. The van der Waals surface area contributed by atoms with E-state index in [1.54, 1.807) is 18.2 Å². The van der Waals surface area contributed by atoms with E-state index < -0.39 is 29.6 Å². The number of benzene rings is 2. The Kier molecular flexibility index (Phi) is 8.34. The highest BCUT2D eigenvalue weighted by Crippen LogP contribution is 2.29. The lowest BCUT2D eigenvalue weighted by atomic mass is 10.2. The van der Waals surface area contributed by atoms with Crippen LogP contribution in [0.4, 0.5) is 14.5 Å². The third-order valence-corrected chi connectivity index (χ3v) is 3.83. The molecule has 0 radical (unpaired) electrons. The van der Waals surface area contributed by atoms with Crippen molar-refractivity contribution in [1.29, 1.82) is 0 Å². The fourth-order valence-corrected chi connectivity index (χ4v) is 2.43. The molecule has 0 saturated heterocycles. The molecule has 0 aliphatic heterocycles. The van der Waals surface area contributed by atoms with Gasteiger partial charge in [0.1, 0.15) is 11.6 Å². The number of hydrogen-bond acceptors (Lipinski definition) is 5. The summed E-state index contributed by atoms with van der Waals surface area (Å²) in [7, 11) is 0. The molecule has 0 aliphatic carbocycles. The Labute approximate surface area is 173 Å². The molecule has 1 N–H and O–H groups in total. The number of ether oxygens (including phenoxy) is 3. The van der Waals surface area contributed by atoms with E-state index in [2.05, 4.69) is 5.32 Å². The van der Waals surface area contributed by atoms with E-state index in [0.717, 1.165) is 18.2 Å². The molecule has 30 heavy (non-hydrogen) atoms. The molecule has 2 aromatic rings. The molecule has 1 amide bonds. The molecule has 0 unspecified atom stereocenters. The summed E-state index contributed by atoms with van der Waals surface area (Å²) in [5, 5.41) is 2.24. The summed E-state index contributed by atoms with van der Waals surface area (Å²) in [5.74, 6) is -2.06. The maximum Gasteiger partial charge on any atom is 0.331 e. The highest BCUT2D eigenvalue weighted by Gasteiger charge is 2.18. The largest absolute Gasteiger partial charge is 0.490 e. The van der Waals surface area contributed by atoms with Crippen molar-refractivity contribution in [3.05, 3.63) is 59.7 Å². The first-order valence-corrected chi connectivity index (χ1v) is 9.38. The molecule has 6 nitrogen and oxygen atoms in total. The van der Waals surface area contributed by atoms with E-state index in [1.165, 1.54) is 13.0 Å². The van der Waals surface area contributed by atoms with Crippen molar-refractivity contribution in [3.8, 4) is 11.5 Å². The third-order valence-electron chi connectivity index (χ3n) is 3.83. The Morgan fingerprint density at radius 2 is 1.73 bits per heavy atom. The van der Waals surface area contributed by atoms with E-state index in [-0.39, 0.29) is 5.69 Å². The number of nitrogens with one attached hydrogen (secondary N) is 1. The van der Waals surface area contributed by atoms with Gasteiger partial charge in [-0.3, -0.25) is 4.79 Å². The lowest BCUT2D eigenvalue weighted by Crippen LogP contribution is -2.29. The molecule has 2 rings (SSSR count). The summed E-state index contributed by atoms with van der Waals surface area (Å²) < 4.78 is 42.6. The van der Waals surface area contributed by atoms with Gasteiger partial charge in [0.05, 0.1) is 18.9 Å². The van der Waals surface area contributed by atoms with Crippen LogP contribution in [-0.2, 0) is 14.3 Å². The van der Waals surface area contributed by atoms with Crippen LogP contribution in [0.15, 0.2) is 42.5 Å². The molecule has 2 aromatic carbocycles. The molecule has 1 atom stereocenters. The summed E-state index contributed by atoms with van der Waals surface area (Å²) in [5.41, 5.74) is 0.460. The summed E-state index contributed by atoms with van der Waals surface area (Å²) in [6.07, 6.45) is 1.48. The molecular weight excluding hydrogens is 396 g/mol. The maximum absolute atomic E-state index is 13.6. The van der Waals surface area contributed by atoms with Gasteiger partial charge in [0.25, 0.3) is 5.91 Å². The van der Waals surface area contributed by atoms with Gasteiger partial charge in [-0.2, -0.15) is 0 Å². The van der Waals surface area contributed by atoms with Crippen LogP contribution in [0.5, 0.6) is 11.5 Å². The fraction of sp³-hybridized carbons (Fsp3) is 0.273. The molecule has 0 fully saturated rings. The van der Waals surface area contributed by atoms with Crippen LogP contribution < -0.4 is 14.8 Å². The molecule has 160 valence electrons. The second-order valence-corrected chi connectivity index (χ2v) is 6.10. The van der Waals surface area contributed by atoms with E-state index in [0.29, 0.717) is 36.3 Å². The number of amides is 1. The highest BCUT2D eigenvalue weighted by molar-refractivity contribution is 5.96. The average Bonchev–Trinajstić information content (AvgIpc) is 2.70. The van der Waals surface area contributed by atoms with Crippen molar-refractivity contribution in [2.75, 3.05) is 18.5 Å². The van der Waals surface area contributed by atoms with Crippen LogP contribution in [0, 0.1) is 11.6 Å². The van der Waals surface area contributed by atoms with E-state index >= 15 is 0 Å². The predicted molar refractivity (Wildman–Crippen MR) is 108 cm³/mol. The second kappa shape index (κ2) is 10.9. The first-order chi connectivity index (χ1) is 14.3. The van der Waals surface area contributed by atoms with Crippen molar-refractivity contribution in [3.63, 3.8) is 0 Å². The summed E-state index contributed by atoms with van der Waals surface area (Å²) in [6.45, 7) is 5.99. The maximum atomic E-state index is 13.6. The zero-order chi connectivity index (χ0) is 22.1. The Bertz CT molecular complexity index is 930. The molecule has 0 saturated carbocycles. The van der Waals surface area contributed by atoms with Crippen LogP contribution in [0.1, 0.15) is 26.3 Å². The van der Waals surface area contributed by atoms with E-state index in [1.807, 2.05) is 13.8 Å². The fourth-order valence-electron chi connectivity index (χ4n) is 2.43. The number of hydrogen-bond donors (Lipinski definition) is 1. The second-order valence-electron chi connectivity index (χ2n) is 6.10. The third kappa shape index (κ3) is 6.58. The van der Waals surface area contributed by atoms with Gasteiger partial charge >= 0.3 is 5.97 Å². The lowest BCUT2D eigenvalue weighted by molar-refractivity contribution is -0.148. The van der Waals surface area contributed by atoms with Gasteiger partial charge in [0, 0.05) is 12.1 Å². The molecule has 0 aliphatic rings. The first kappa shape index (κ1) is 22.9. The Morgan fingerprint density at radius 3 is 2.40 bits per heavy atom. The highest BCUT2D eigenvalue weighted by atomic mass is 19.1. The van der Waals surface area contributed by atoms with Crippen molar-refractivity contribution in [2.45, 2.75) is 26.9 Å². The molecule has 0 bridgehead atoms. The minimum absolute atomic E-state index is 0.210. The number of esters is 1. The summed E-state index contributed by atoms with van der Waals surface area (Å²) in [4.78, 5) is 24.1. The molecule has 0 aromatic heterocycles. The van der Waals surface area contributed by atoms with Gasteiger partial charge in [-0.1, -0.05) is 6.07 Å². The average molecular weight is 419 g/mol. The molecule has 0 spiro atoms. The van der Waals surface area contributed by atoms with Crippen LogP contribution in [0.3, 0.4) is 0 Å². The van der Waals surface area contributed by atoms with Crippen molar-refractivity contribution < 1.29 is 32.6 Å². The van der Waals surface area contributed by atoms with Crippen molar-refractivity contribution in [1.82, 2.24) is 0 Å². The van der Waals surface area contributed by atoms with Gasteiger partial charge in [0.15, 0.2) is 17.6 Å². The Hall–Kier alpha value is -3.42. The Balaban J connectivity index is 1.97. The SMILES string of the molecule is CCOc1ccc(/C=C/C(=O)O[C@@H](C)C(=O)Nc2ccc(F)cc2F)cc1OCC. The van der Waals surface area contributed by atoms with E-state index in [4.69, 9.17) is 14.2 Å². The van der Waals surface area contributed by atoms with Gasteiger partial charge in [0.2, 0.25) is 0 Å². The van der Waals surface area contributed by atoms with Gasteiger partial charge in [-0.15, -0.1) is 0 Å². The monoisotopic (exact) mass is 419 g/mol. The molecule has 8 heteroatoms. The Morgan fingerprint density at radius 1 is 1.03 bits per heavy atom. The van der Waals surface area contributed by atoms with Crippen molar-refractivity contribution >= 4 is 23.6 Å². The van der Waals surface area contributed by atoms with Crippen LogP contribution >= 0.6 is 0 Å². The molecular formula is C22H23F2NO5. The zero-order valence-corrected chi connectivity index (χ0v) is 16.9. The van der Waals surface area contributed by atoms with Gasteiger partial charge in [-0.05, 0) is 56.7 Å². The summed E-state index contributed by atoms with van der Waals surface area (Å²) in [6, 6.07) is 7.91. The van der Waals surface area contributed by atoms with Gasteiger partial charge in [-0.25, -0.2) is 13.6 Å². The standard InChI is InChI=1S/C22H23F2NO5/c1-4-28-19-10-6-15(12-20(19)29-5-2)7-11-21(26)30-14(3)22(27)25-18-9-8-16(23)13-17(18)24/h6-14H,4-5H2,1-3H3,(H,25,27)/b11-7+/t14-/m0/s1.